The number of ether oxygens (including phenoxy) is 3. The topological polar surface area (TPSA) is 218 Å². The van der Waals surface area contributed by atoms with Crippen molar-refractivity contribution in [2.45, 2.75) is 51.2 Å². The Kier molecular flexibility index (Phi) is 28.6. The number of alkyl halides is 6. The highest BCUT2D eigenvalue weighted by atomic mass is 35.5. The molecule has 0 spiro atoms. The molecular formula is C41H52Cl4F3N4O12P. The van der Waals surface area contributed by atoms with E-state index in [1.165, 1.54) is 23.1 Å². The van der Waals surface area contributed by atoms with Gasteiger partial charge < -0.3 is 38.9 Å². The van der Waals surface area contributed by atoms with Crippen LogP contribution >= 0.6 is 54.0 Å². The largest absolute Gasteiger partial charge is 0.487 e. The molecule has 0 bridgehead atoms. The maximum absolute atomic E-state index is 12.6. The number of nitrogens with one attached hydrogen (secondary N) is 1. The van der Waals surface area contributed by atoms with Crippen LogP contribution in [0, 0.1) is 17.0 Å². The summed E-state index contributed by atoms with van der Waals surface area (Å²) in [4.78, 5) is 62.0. The molecule has 362 valence electrons. The van der Waals surface area contributed by atoms with Gasteiger partial charge in [0.15, 0.2) is 4.84 Å². The predicted octanol–water partition coefficient (Wildman–Crippen LogP) is 9.41. The molecule has 0 aromatic heterocycles. The molecule has 16 nitrogen and oxygen atoms in total. The number of carboxylic acid groups (broad SMARTS) is 1. The Hall–Kier alpha value is -4.43. The van der Waals surface area contributed by atoms with Gasteiger partial charge in [0.05, 0.1) is 53.3 Å². The van der Waals surface area contributed by atoms with E-state index in [9.17, 15) is 42.2 Å². The third-order valence-electron chi connectivity index (χ3n) is 7.88. The molecule has 24 heteroatoms. The molecule has 0 aliphatic heterocycles. The molecule has 2 amide bonds. The second kappa shape index (κ2) is 30.7. The Balaban J connectivity index is 0.000000892. The quantitative estimate of drug-likeness (QED) is 0.0273. The van der Waals surface area contributed by atoms with Crippen molar-refractivity contribution in [2.75, 3.05) is 57.0 Å². The average molecular weight is 1020 g/mol. The maximum atomic E-state index is 12.6. The number of nitro benzene ring substituents is 1. The number of nitro groups is 1. The van der Waals surface area contributed by atoms with Crippen molar-refractivity contribution in [1.82, 2.24) is 10.2 Å². The Labute approximate surface area is 395 Å². The standard InChI is InChI=1S/C15H11ClF3NO4.C15H22ClNO2.C8H11Cl2NO.C3H8NO5P/c1-2-23-14-8-10(4-5-12(14)20(21)22)24-13-6-3-9(7-11(13)16)15(17,18)19;1-5-13-8-6-7-11(2)15(13)17(14(18)9-16)12(3)10-19-4;1-3-5-11(6-4-2)8(12)7(9)10;5-3(6)1-4-2-10(7,8)9/h3-8H,2H2,1H3;6-8,12H,5,9-10H2,1-4H3;3-4,7H,1-2,5-6H2;4H,1-2H2,(H,5,6)(H2,7,8,9). The normalized spacial score (nSPS) is 11.2. The van der Waals surface area contributed by atoms with Crippen LogP contribution in [-0.2, 0) is 36.3 Å². The van der Waals surface area contributed by atoms with Crippen molar-refractivity contribution in [3.63, 3.8) is 0 Å². The highest BCUT2D eigenvalue weighted by Crippen LogP contribution is 2.38. The van der Waals surface area contributed by atoms with Crippen molar-refractivity contribution in [3.8, 4) is 17.2 Å². The molecule has 0 aliphatic rings. The summed E-state index contributed by atoms with van der Waals surface area (Å²) in [7, 11) is -2.46. The van der Waals surface area contributed by atoms with Crippen LogP contribution in [0.3, 0.4) is 0 Å². The number of halogens is 7. The van der Waals surface area contributed by atoms with Gasteiger partial charge in [-0.05, 0) is 62.6 Å². The second-order valence-corrected chi connectivity index (χ2v) is 16.4. The molecule has 3 aromatic rings. The first-order valence-corrected chi connectivity index (χ1v) is 22.6. The first kappa shape index (κ1) is 60.6. The van der Waals surface area contributed by atoms with Gasteiger partial charge in [0.25, 0.3) is 5.91 Å². The van der Waals surface area contributed by atoms with Gasteiger partial charge >= 0.3 is 25.4 Å². The monoisotopic (exact) mass is 1020 g/mol. The molecule has 1 atom stereocenters. The van der Waals surface area contributed by atoms with Crippen LogP contribution in [0.15, 0.2) is 79.9 Å². The van der Waals surface area contributed by atoms with E-state index in [-0.39, 0.29) is 58.3 Å². The highest BCUT2D eigenvalue weighted by Gasteiger charge is 2.31. The number of hydrogen-bond acceptors (Lipinski definition) is 10. The molecule has 4 N–H and O–H groups in total. The SMILES string of the molecule is C=CCN(CC=C)C(=O)C(Cl)Cl.CCOc1cc(Oc2ccc(C(F)(F)F)cc2Cl)ccc1[N+](=O)[O-].CCc1cccc(C)c1N(C(=O)CCl)C(C)COC.O=C(O)CNCP(=O)(O)O. The first-order valence-electron chi connectivity index (χ1n) is 19.0. The summed E-state index contributed by atoms with van der Waals surface area (Å²) in [6.45, 7) is 15.9. The summed E-state index contributed by atoms with van der Waals surface area (Å²) >= 11 is 22.4. The van der Waals surface area contributed by atoms with E-state index in [2.05, 4.69) is 31.5 Å². The minimum atomic E-state index is -4.52. The number of aryl methyl sites for hydroxylation is 2. The van der Waals surface area contributed by atoms with Crippen molar-refractivity contribution in [3.05, 3.63) is 112 Å². The molecule has 3 rings (SSSR count). The number of benzene rings is 3. The second-order valence-electron chi connectivity index (χ2n) is 13.0. The number of rotatable bonds is 20. The number of para-hydroxylation sites is 1. The molecule has 0 saturated heterocycles. The van der Waals surface area contributed by atoms with E-state index in [1.807, 2.05) is 26.0 Å². The number of hydrogen-bond donors (Lipinski definition) is 4. The zero-order valence-corrected chi connectivity index (χ0v) is 39.9. The molecule has 0 fully saturated rings. The number of carbonyl (C=O) groups excluding carboxylic acids is 2. The van der Waals surface area contributed by atoms with E-state index < -0.39 is 47.9 Å². The van der Waals surface area contributed by atoms with Crippen LogP contribution in [0.4, 0.5) is 24.5 Å². The van der Waals surface area contributed by atoms with Crippen molar-refractivity contribution < 1.29 is 66.1 Å². The van der Waals surface area contributed by atoms with Crippen LogP contribution in [0.2, 0.25) is 5.02 Å². The van der Waals surface area contributed by atoms with Gasteiger partial charge in [-0.2, -0.15) is 13.2 Å². The van der Waals surface area contributed by atoms with E-state index in [4.69, 9.17) is 75.5 Å². The fourth-order valence-corrected chi connectivity index (χ4v) is 6.23. The molecular weight excluding hydrogens is 970 g/mol. The highest BCUT2D eigenvalue weighted by molar-refractivity contribution is 7.51. The average Bonchev–Trinajstić information content (AvgIpc) is 3.21. The van der Waals surface area contributed by atoms with Crippen LogP contribution in [0.5, 0.6) is 17.2 Å². The lowest BCUT2D eigenvalue weighted by molar-refractivity contribution is -0.385. The van der Waals surface area contributed by atoms with Crippen molar-refractivity contribution in [1.29, 1.82) is 0 Å². The van der Waals surface area contributed by atoms with E-state index in [0.717, 1.165) is 41.4 Å². The van der Waals surface area contributed by atoms with Crippen molar-refractivity contribution >= 4 is 83.2 Å². The Morgan fingerprint density at radius 1 is 1.03 bits per heavy atom. The van der Waals surface area contributed by atoms with Crippen molar-refractivity contribution in [2.24, 2.45) is 0 Å². The van der Waals surface area contributed by atoms with Crippen LogP contribution in [-0.4, -0.2) is 106 Å². The van der Waals surface area contributed by atoms with Gasteiger partial charge in [-0.1, -0.05) is 72.1 Å². The molecule has 1 unspecified atom stereocenters. The Bertz CT molecular complexity index is 2070. The third-order valence-corrected chi connectivity index (χ3v) is 9.41. The molecule has 0 radical (unpaired) electrons. The zero-order valence-electron chi connectivity index (χ0n) is 36.0. The lowest BCUT2D eigenvalue weighted by Crippen LogP contribution is -2.43. The fraction of sp³-hybridized carbons (Fsp3) is 0.390. The summed E-state index contributed by atoms with van der Waals surface area (Å²) in [6, 6.07) is 12.4. The van der Waals surface area contributed by atoms with Crippen LogP contribution < -0.4 is 19.7 Å². The molecule has 0 saturated carbocycles. The van der Waals surface area contributed by atoms with E-state index in [0.29, 0.717) is 19.7 Å². The van der Waals surface area contributed by atoms with Gasteiger partial charge in [-0.25, -0.2) is 0 Å². The third kappa shape index (κ3) is 23.0. The maximum Gasteiger partial charge on any atom is 0.416 e. The molecule has 65 heavy (non-hydrogen) atoms. The number of carboxylic acids is 1. The molecule has 0 aliphatic carbocycles. The predicted molar refractivity (Wildman–Crippen MR) is 246 cm³/mol. The number of aliphatic carboxylic acids is 1. The Morgan fingerprint density at radius 2 is 1.65 bits per heavy atom. The lowest BCUT2D eigenvalue weighted by Gasteiger charge is -2.31. The van der Waals surface area contributed by atoms with Crippen LogP contribution in [0.25, 0.3) is 0 Å². The van der Waals surface area contributed by atoms with Gasteiger partial charge in [0.2, 0.25) is 11.7 Å². The number of carbonyl (C=O) groups is 3. The Morgan fingerprint density at radius 3 is 2.09 bits per heavy atom. The minimum absolute atomic E-state index is 0.0111. The molecule has 0 heterocycles. The summed E-state index contributed by atoms with van der Waals surface area (Å²) in [5.74, 6) is -1.46. The number of methoxy groups -OCH3 is 1. The summed E-state index contributed by atoms with van der Waals surface area (Å²) in [5, 5.41) is 20.7. The number of amides is 2. The zero-order chi connectivity index (χ0) is 50.1. The summed E-state index contributed by atoms with van der Waals surface area (Å²) in [5.41, 5.74) is 2.06. The van der Waals surface area contributed by atoms with Gasteiger partial charge in [0, 0.05) is 32.3 Å². The van der Waals surface area contributed by atoms with E-state index in [1.54, 1.807) is 31.1 Å². The van der Waals surface area contributed by atoms with Gasteiger partial charge in [-0.3, -0.25) is 34.4 Å². The first-order chi connectivity index (χ1) is 30.3. The summed E-state index contributed by atoms with van der Waals surface area (Å²) < 4.78 is 63.6. The van der Waals surface area contributed by atoms with Gasteiger partial charge in [0.1, 0.15) is 17.4 Å². The smallest absolute Gasteiger partial charge is 0.416 e. The summed E-state index contributed by atoms with van der Waals surface area (Å²) in [6.07, 6.45) is -1.02. The minimum Gasteiger partial charge on any atom is -0.487 e. The van der Waals surface area contributed by atoms with Crippen LogP contribution in [0.1, 0.15) is 37.5 Å². The molecule has 3 aromatic carbocycles. The number of nitrogens with zero attached hydrogens (tertiary/aromatic N) is 3. The van der Waals surface area contributed by atoms with E-state index >= 15 is 0 Å². The van der Waals surface area contributed by atoms with Gasteiger partial charge in [-0.15, -0.1) is 24.8 Å². The fourth-order valence-electron chi connectivity index (χ4n) is 5.20. The number of anilines is 1. The lowest BCUT2D eigenvalue weighted by atomic mass is 10.0.